The van der Waals surface area contributed by atoms with Gasteiger partial charge in [0.25, 0.3) is 0 Å². The quantitative estimate of drug-likeness (QED) is 0.502. The average molecular weight is 245 g/mol. The van der Waals surface area contributed by atoms with E-state index < -0.39 is 0 Å². The highest BCUT2D eigenvalue weighted by atomic mass is 32.2. The molecule has 17 heavy (non-hydrogen) atoms. The van der Waals surface area contributed by atoms with E-state index in [0.717, 1.165) is 34.4 Å². The fraction of sp³-hybridized carbons (Fsp3) is 0.167. The largest absolute Gasteiger partial charge is 0.411 e. The van der Waals surface area contributed by atoms with Gasteiger partial charge in [-0.15, -0.1) is 0 Å². The second-order valence-corrected chi connectivity index (χ2v) is 4.80. The van der Waals surface area contributed by atoms with Gasteiger partial charge in [0.15, 0.2) is 5.16 Å². The highest BCUT2D eigenvalue weighted by Crippen LogP contribution is 2.32. The van der Waals surface area contributed by atoms with Crippen molar-refractivity contribution in [1.82, 2.24) is 9.55 Å². The fourth-order valence-electron chi connectivity index (χ4n) is 1.99. The van der Waals surface area contributed by atoms with Crippen molar-refractivity contribution in [3.05, 3.63) is 36.0 Å². The van der Waals surface area contributed by atoms with Crippen LogP contribution < -0.4 is 0 Å². The van der Waals surface area contributed by atoms with E-state index in [1.165, 1.54) is 6.21 Å². The van der Waals surface area contributed by atoms with Gasteiger partial charge in [-0.2, -0.15) is 0 Å². The topological polar surface area (TPSA) is 50.4 Å². The average Bonchev–Trinajstić information content (AvgIpc) is 2.93. The first kappa shape index (κ1) is 10.4. The van der Waals surface area contributed by atoms with E-state index >= 15 is 0 Å². The maximum Gasteiger partial charge on any atom is 0.169 e. The molecule has 86 valence electrons. The Hall–Kier alpha value is -1.75. The number of rotatable bonds is 2. The molecule has 2 heterocycles. The van der Waals surface area contributed by atoms with Crippen molar-refractivity contribution in [1.29, 1.82) is 0 Å². The molecule has 5 heteroatoms. The second kappa shape index (κ2) is 4.25. The second-order valence-electron chi connectivity index (χ2n) is 3.74. The minimum atomic E-state index is 0.874. The summed E-state index contributed by atoms with van der Waals surface area (Å²) in [6.45, 7) is 0.918. The summed E-state index contributed by atoms with van der Waals surface area (Å²) in [5, 5.41) is 12.9. The van der Waals surface area contributed by atoms with E-state index in [1.54, 1.807) is 11.8 Å². The normalized spacial score (nSPS) is 14.4. The van der Waals surface area contributed by atoms with Crippen molar-refractivity contribution in [2.45, 2.75) is 11.7 Å². The van der Waals surface area contributed by atoms with Crippen LogP contribution in [0, 0.1) is 0 Å². The van der Waals surface area contributed by atoms with Crippen molar-refractivity contribution in [2.24, 2.45) is 5.16 Å². The number of hydrogen-bond donors (Lipinski definition) is 1. The third-order valence-electron chi connectivity index (χ3n) is 2.75. The number of aromatic nitrogens is 2. The molecule has 0 fully saturated rings. The van der Waals surface area contributed by atoms with Crippen molar-refractivity contribution in [3.63, 3.8) is 0 Å². The molecule has 1 N–H and O–H groups in total. The molecule has 0 atom stereocenters. The molecule has 0 spiro atoms. The molecular weight excluding hydrogens is 234 g/mol. The van der Waals surface area contributed by atoms with Gasteiger partial charge in [0.2, 0.25) is 0 Å². The number of benzene rings is 1. The van der Waals surface area contributed by atoms with Gasteiger partial charge in [-0.1, -0.05) is 47.2 Å². The molecule has 0 saturated carbocycles. The first-order valence-electron chi connectivity index (χ1n) is 5.36. The minimum absolute atomic E-state index is 0.874. The predicted octanol–water partition coefficient (Wildman–Crippen LogP) is 2.46. The minimum Gasteiger partial charge on any atom is -0.411 e. The third-order valence-corrected chi connectivity index (χ3v) is 3.70. The van der Waals surface area contributed by atoms with Gasteiger partial charge in [-0.3, -0.25) is 0 Å². The Balaban J connectivity index is 2.17. The Kier molecular flexibility index (Phi) is 2.60. The number of oxime groups is 1. The summed E-state index contributed by atoms with van der Waals surface area (Å²) in [4.78, 5) is 4.60. The highest BCUT2D eigenvalue weighted by Gasteiger charge is 2.21. The van der Waals surface area contributed by atoms with E-state index in [1.807, 2.05) is 30.3 Å². The van der Waals surface area contributed by atoms with Crippen LogP contribution in [0.4, 0.5) is 0 Å². The molecule has 1 aliphatic rings. The van der Waals surface area contributed by atoms with Gasteiger partial charge in [-0.05, 0) is 0 Å². The molecule has 0 unspecified atom stereocenters. The summed E-state index contributed by atoms with van der Waals surface area (Å²) in [6.07, 6.45) is 1.46. The van der Waals surface area contributed by atoms with E-state index in [9.17, 15) is 0 Å². The summed E-state index contributed by atoms with van der Waals surface area (Å²) in [7, 11) is 0. The molecule has 1 aromatic carbocycles. The molecule has 0 saturated heterocycles. The standard InChI is InChI=1S/C12H11N3OS/c16-13-8-10-11(9-4-2-1-3-5-9)14-12-15(10)6-7-17-12/h1-5,8,16H,6-7H2/b13-8+. The van der Waals surface area contributed by atoms with Gasteiger partial charge in [0.1, 0.15) is 0 Å². The maximum atomic E-state index is 8.76. The van der Waals surface area contributed by atoms with Gasteiger partial charge in [0.05, 0.1) is 17.6 Å². The molecule has 2 aromatic rings. The van der Waals surface area contributed by atoms with E-state index in [4.69, 9.17) is 5.21 Å². The number of hydrogen-bond acceptors (Lipinski definition) is 4. The molecule has 0 aliphatic carbocycles. The lowest BCUT2D eigenvalue weighted by molar-refractivity contribution is 0.321. The van der Waals surface area contributed by atoms with Gasteiger partial charge < -0.3 is 9.77 Å². The molecule has 1 aromatic heterocycles. The van der Waals surface area contributed by atoms with E-state index in [-0.39, 0.29) is 0 Å². The van der Waals surface area contributed by atoms with Crippen LogP contribution in [-0.4, -0.2) is 26.7 Å². The Bertz CT molecular complexity index is 563. The molecule has 1 aliphatic heterocycles. The van der Waals surface area contributed by atoms with Crippen LogP contribution in [0.2, 0.25) is 0 Å². The van der Waals surface area contributed by atoms with Gasteiger partial charge in [0, 0.05) is 17.9 Å². The zero-order valence-corrected chi connectivity index (χ0v) is 9.89. The summed E-state index contributed by atoms with van der Waals surface area (Å²) < 4.78 is 2.09. The molecule has 0 amide bonds. The van der Waals surface area contributed by atoms with Crippen molar-refractivity contribution in [3.8, 4) is 11.3 Å². The Morgan fingerprint density at radius 3 is 2.94 bits per heavy atom. The van der Waals surface area contributed by atoms with Crippen LogP contribution in [0.3, 0.4) is 0 Å². The number of imidazole rings is 1. The van der Waals surface area contributed by atoms with Crippen LogP contribution in [0.25, 0.3) is 11.3 Å². The zero-order chi connectivity index (χ0) is 11.7. The van der Waals surface area contributed by atoms with Crippen LogP contribution >= 0.6 is 11.8 Å². The van der Waals surface area contributed by atoms with E-state index in [0.29, 0.717) is 0 Å². The first-order chi connectivity index (χ1) is 8.40. The Morgan fingerprint density at radius 2 is 2.18 bits per heavy atom. The summed E-state index contributed by atoms with van der Waals surface area (Å²) >= 11 is 1.73. The summed E-state index contributed by atoms with van der Waals surface area (Å²) in [6, 6.07) is 9.95. The highest BCUT2D eigenvalue weighted by molar-refractivity contribution is 7.99. The third kappa shape index (κ3) is 1.72. The van der Waals surface area contributed by atoms with Crippen LogP contribution in [0.15, 0.2) is 40.6 Å². The van der Waals surface area contributed by atoms with E-state index in [2.05, 4.69) is 14.7 Å². The van der Waals surface area contributed by atoms with Crippen LogP contribution in [-0.2, 0) is 6.54 Å². The number of nitrogens with zero attached hydrogens (tertiary/aromatic N) is 3. The zero-order valence-electron chi connectivity index (χ0n) is 9.08. The number of fused-ring (bicyclic) bond motifs is 1. The van der Waals surface area contributed by atoms with Crippen molar-refractivity contribution in [2.75, 3.05) is 5.75 Å². The molecular formula is C12H11N3OS. The van der Waals surface area contributed by atoms with Crippen LogP contribution in [0.5, 0.6) is 0 Å². The van der Waals surface area contributed by atoms with Crippen LogP contribution in [0.1, 0.15) is 5.69 Å². The smallest absolute Gasteiger partial charge is 0.169 e. The fourth-order valence-corrected chi connectivity index (χ4v) is 2.95. The maximum absolute atomic E-state index is 8.76. The summed E-state index contributed by atoms with van der Waals surface area (Å²) in [5.41, 5.74) is 2.80. The molecule has 3 rings (SSSR count). The Labute approximate surface area is 103 Å². The molecule has 0 radical (unpaired) electrons. The first-order valence-corrected chi connectivity index (χ1v) is 6.35. The lowest BCUT2D eigenvalue weighted by Gasteiger charge is -2.01. The molecule has 4 nitrogen and oxygen atoms in total. The predicted molar refractivity (Wildman–Crippen MR) is 67.8 cm³/mol. The lowest BCUT2D eigenvalue weighted by atomic mass is 10.1. The molecule has 0 bridgehead atoms. The van der Waals surface area contributed by atoms with Crippen molar-refractivity contribution < 1.29 is 5.21 Å². The van der Waals surface area contributed by atoms with Crippen molar-refractivity contribution >= 4 is 18.0 Å². The SMILES string of the molecule is O/N=C/c1c(-c2ccccc2)nc2n1CCS2. The lowest BCUT2D eigenvalue weighted by Crippen LogP contribution is -2.00. The van der Waals surface area contributed by atoms with Gasteiger partial charge >= 0.3 is 0 Å². The monoisotopic (exact) mass is 245 g/mol. The Morgan fingerprint density at radius 1 is 1.35 bits per heavy atom. The summed E-state index contributed by atoms with van der Waals surface area (Å²) in [5.74, 6) is 1.03. The van der Waals surface area contributed by atoms with Gasteiger partial charge in [-0.25, -0.2) is 4.98 Å². The number of thioether (sulfide) groups is 1.